The fraction of sp³-hybridized carbons (Fsp3) is 0.308. The Morgan fingerprint density at radius 2 is 2.00 bits per heavy atom. The Labute approximate surface area is 137 Å². The average Bonchev–Trinajstić information content (AvgIpc) is 2.94. The summed E-state index contributed by atoms with van der Waals surface area (Å²) in [5.74, 6) is 0.310. The van der Waals surface area contributed by atoms with E-state index in [0.717, 1.165) is 11.3 Å². The average molecular weight is 356 g/mol. The van der Waals surface area contributed by atoms with E-state index in [2.05, 4.69) is 20.2 Å². The van der Waals surface area contributed by atoms with Gasteiger partial charge in [-0.1, -0.05) is 29.5 Å². The van der Waals surface area contributed by atoms with Crippen molar-refractivity contribution in [3.8, 4) is 5.75 Å². The highest BCUT2D eigenvalue weighted by atomic mass is 32.2. The van der Waals surface area contributed by atoms with Gasteiger partial charge in [-0.3, -0.25) is 4.79 Å². The zero-order chi connectivity index (χ0) is 16.9. The number of carbonyl (C=O) groups excluding carboxylic acids is 1. The Morgan fingerprint density at radius 3 is 2.65 bits per heavy atom. The molecule has 2 rings (SSSR count). The minimum absolute atomic E-state index is 0.131. The molecule has 0 radical (unpaired) electrons. The third-order valence-corrected chi connectivity index (χ3v) is 5.31. The van der Waals surface area contributed by atoms with Gasteiger partial charge in [-0.25, -0.2) is 13.1 Å². The fourth-order valence-electron chi connectivity index (χ4n) is 1.61. The third-order valence-electron chi connectivity index (χ3n) is 2.52. The Hall–Kier alpha value is -2.04. The monoisotopic (exact) mass is 356 g/mol. The molecule has 0 aliphatic carbocycles. The van der Waals surface area contributed by atoms with Crippen molar-refractivity contribution in [2.24, 2.45) is 0 Å². The lowest BCUT2D eigenvalue weighted by molar-refractivity contribution is -0.114. The minimum Gasteiger partial charge on any atom is -0.492 e. The number of sulfonamides is 1. The second-order valence-electron chi connectivity index (χ2n) is 4.70. The molecule has 10 heteroatoms. The lowest BCUT2D eigenvalue weighted by Gasteiger charge is -2.13. The van der Waals surface area contributed by atoms with Gasteiger partial charge in [0.05, 0.1) is 6.04 Å². The SMILES string of the molecule is CC(=O)Nc1nnc(S(=O)(=O)NC(C)COc2ccccc2)s1. The first-order valence-electron chi connectivity index (χ1n) is 6.68. The van der Waals surface area contributed by atoms with Crippen LogP contribution >= 0.6 is 11.3 Å². The summed E-state index contributed by atoms with van der Waals surface area (Å²) in [5.41, 5.74) is 0. The van der Waals surface area contributed by atoms with Gasteiger partial charge < -0.3 is 10.1 Å². The predicted octanol–water partition coefficient (Wildman–Crippen LogP) is 1.24. The van der Waals surface area contributed by atoms with Crippen LogP contribution in [0.2, 0.25) is 0 Å². The maximum Gasteiger partial charge on any atom is 0.270 e. The summed E-state index contributed by atoms with van der Waals surface area (Å²) >= 11 is 0.779. The molecular formula is C13H16N4O4S2. The maximum atomic E-state index is 12.2. The van der Waals surface area contributed by atoms with Crippen LogP contribution < -0.4 is 14.8 Å². The molecule has 8 nitrogen and oxygen atoms in total. The van der Waals surface area contributed by atoms with Crippen molar-refractivity contribution in [1.82, 2.24) is 14.9 Å². The number of anilines is 1. The van der Waals surface area contributed by atoms with E-state index in [0.29, 0.717) is 5.75 Å². The predicted molar refractivity (Wildman–Crippen MR) is 85.9 cm³/mol. The normalized spacial score (nSPS) is 12.6. The number of nitrogens with zero attached hydrogens (tertiary/aromatic N) is 2. The number of hydrogen-bond donors (Lipinski definition) is 2. The zero-order valence-electron chi connectivity index (χ0n) is 12.5. The zero-order valence-corrected chi connectivity index (χ0v) is 14.1. The first-order chi connectivity index (χ1) is 10.9. The van der Waals surface area contributed by atoms with Crippen molar-refractivity contribution in [2.75, 3.05) is 11.9 Å². The number of aromatic nitrogens is 2. The van der Waals surface area contributed by atoms with Crippen molar-refractivity contribution in [3.63, 3.8) is 0 Å². The summed E-state index contributed by atoms with van der Waals surface area (Å²) in [4.78, 5) is 10.9. The van der Waals surface area contributed by atoms with Crippen LogP contribution in [0, 0.1) is 0 Å². The lowest BCUT2D eigenvalue weighted by atomic mass is 10.3. The lowest BCUT2D eigenvalue weighted by Crippen LogP contribution is -2.36. The highest BCUT2D eigenvalue weighted by Crippen LogP contribution is 2.20. The van der Waals surface area contributed by atoms with Crippen LogP contribution in [0.25, 0.3) is 0 Å². The van der Waals surface area contributed by atoms with Crippen molar-refractivity contribution >= 4 is 32.4 Å². The van der Waals surface area contributed by atoms with E-state index in [4.69, 9.17) is 4.74 Å². The fourth-order valence-corrected chi connectivity index (χ4v) is 3.80. The maximum absolute atomic E-state index is 12.2. The number of benzene rings is 1. The van der Waals surface area contributed by atoms with Gasteiger partial charge in [0, 0.05) is 6.92 Å². The molecule has 2 N–H and O–H groups in total. The van der Waals surface area contributed by atoms with Gasteiger partial charge >= 0.3 is 0 Å². The highest BCUT2D eigenvalue weighted by molar-refractivity contribution is 7.91. The second kappa shape index (κ2) is 7.49. The van der Waals surface area contributed by atoms with Crippen LogP contribution in [0.4, 0.5) is 5.13 Å². The molecule has 1 aromatic heterocycles. The Bertz CT molecular complexity index is 761. The molecule has 2 aromatic rings. The van der Waals surface area contributed by atoms with E-state index in [-0.39, 0.29) is 22.0 Å². The number of hydrogen-bond acceptors (Lipinski definition) is 7. The second-order valence-corrected chi connectivity index (χ2v) is 7.57. The standard InChI is InChI=1S/C13H16N4O4S2/c1-9(8-21-11-6-4-3-5-7-11)17-23(19,20)13-16-15-12(22-13)14-10(2)18/h3-7,9,17H,8H2,1-2H3,(H,14,15,18). The van der Waals surface area contributed by atoms with Gasteiger partial charge in [0.1, 0.15) is 12.4 Å². The van der Waals surface area contributed by atoms with Crippen LogP contribution in [0.3, 0.4) is 0 Å². The molecule has 0 aliphatic rings. The summed E-state index contributed by atoms with van der Waals surface area (Å²) in [7, 11) is -3.82. The molecule has 0 bridgehead atoms. The highest BCUT2D eigenvalue weighted by Gasteiger charge is 2.23. The van der Waals surface area contributed by atoms with Crippen LogP contribution in [-0.2, 0) is 14.8 Å². The first-order valence-corrected chi connectivity index (χ1v) is 8.98. The molecule has 0 aliphatic heterocycles. The summed E-state index contributed by atoms with van der Waals surface area (Å²) < 4.78 is 32.1. The molecular weight excluding hydrogens is 340 g/mol. The number of rotatable bonds is 7. The van der Waals surface area contributed by atoms with Crippen molar-refractivity contribution < 1.29 is 17.9 Å². The molecule has 124 valence electrons. The summed E-state index contributed by atoms with van der Waals surface area (Å²) in [6, 6.07) is 8.62. The topological polar surface area (TPSA) is 110 Å². The first kappa shape index (κ1) is 17.3. The van der Waals surface area contributed by atoms with Gasteiger partial charge in [-0.2, -0.15) is 0 Å². The Kier molecular flexibility index (Phi) is 5.64. The third kappa shape index (κ3) is 5.27. The smallest absolute Gasteiger partial charge is 0.270 e. The van der Waals surface area contributed by atoms with Crippen LogP contribution in [0.5, 0.6) is 5.75 Å². The molecule has 0 saturated carbocycles. The van der Waals surface area contributed by atoms with Gasteiger partial charge in [0.15, 0.2) is 0 Å². The van der Waals surface area contributed by atoms with Gasteiger partial charge in [0.2, 0.25) is 15.4 Å². The van der Waals surface area contributed by atoms with E-state index in [1.807, 2.05) is 18.2 Å². The molecule has 0 fully saturated rings. The number of nitrogens with one attached hydrogen (secondary N) is 2. The number of ether oxygens (including phenoxy) is 1. The summed E-state index contributed by atoms with van der Waals surface area (Å²) in [6.45, 7) is 3.15. The number of amides is 1. The van der Waals surface area contributed by atoms with E-state index < -0.39 is 16.1 Å². The molecule has 23 heavy (non-hydrogen) atoms. The van der Waals surface area contributed by atoms with Crippen LogP contribution in [0.1, 0.15) is 13.8 Å². The molecule has 0 saturated heterocycles. The largest absolute Gasteiger partial charge is 0.492 e. The number of para-hydroxylation sites is 1. The van der Waals surface area contributed by atoms with Crippen LogP contribution in [0.15, 0.2) is 34.7 Å². The van der Waals surface area contributed by atoms with Crippen LogP contribution in [-0.4, -0.2) is 37.2 Å². The summed E-state index contributed by atoms with van der Waals surface area (Å²) in [5, 5.41) is 9.70. The van der Waals surface area contributed by atoms with E-state index in [1.165, 1.54) is 6.92 Å². The molecule has 1 aromatic carbocycles. The van der Waals surface area contributed by atoms with Crippen molar-refractivity contribution in [1.29, 1.82) is 0 Å². The molecule has 1 atom stereocenters. The Balaban J connectivity index is 1.94. The van der Waals surface area contributed by atoms with E-state index in [1.54, 1.807) is 19.1 Å². The van der Waals surface area contributed by atoms with Crippen molar-refractivity contribution in [2.45, 2.75) is 24.2 Å². The molecule has 0 spiro atoms. The van der Waals surface area contributed by atoms with E-state index >= 15 is 0 Å². The number of carbonyl (C=O) groups is 1. The minimum atomic E-state index is -3.82. The Morgan fingerprint density at radius 1 is 1.30 bits per heavy atom. The van der Waals surface area contributed by atoms with Crippen molar-refractivity contribution in [3.05, 3.63) is 30.3 Å². The molecule has 1 heterocycles. The van der Waals surface area contributed by atoms with Gasteiger partial charge in [0.25, 0.3) is 10.0 Å². The quantitative estimate of drug-likeness (QED) is 0.722. The van der Waals surface area contributed by atoms with E-state index in [9.17, 15) is 13.2 Å². The molecule has 1 amide bonds. The summed E-state index contributed by atoms with van der Waals surface area (Å²) in [6.07, 6.45) is 0. The van der Waals surface area contributed by atoms with Gasteiger partial charge in [-0.05, 0) is 19.1 Å². The molecule has 1 unspecified atom stereocenters. The van der Waals surface area contributed by atoms with Gasteiger partial charge in [-0.15, -0.1) is 10.2 Å².